The van der Waals surface area contributed by atoms with E-state index in [1.807, 2.05) is 0 Å². The van der Waals surface area contributed by atoms with Gasteiger partial charge in [-0.3, -0.25) is 0 Å². The van der Waals surface area contributed by atoms with Gasteiger partial charge in [0.05, 0.1) is 0 Å². The van der Waals surface area contributed by atoms with E-state index in [9.17, 15) is 0 Å². The normalized spacial score (nSPS) is 14.5. The van der Waals surface area contributed by atoms with E-state index in [1.165, 1.54) is 0 Å². The first-order valence-corrected chi connectivity index (χ1v) is 1.77. The van der Waals surface area contributed by atoms with Crippen LogP contribution < -0.4 is 5.73 Å². The fraction of sp³-hybridized carbons (Fsp3) is 1.00. The lowest BCUT2D eigenvalue weighted by Gasteiger charge is -1.94. The maximum atomic E-state index is 8.06. The summed E-state index contributed by atoms with van der Waals surface area (Å²) in [5.74, 6) is 0. The molecule has 0 amide bonds. The minimum atomic E-state index is -1.10. The number of nitrogens with one attached hydrogen (secondary N) is 1. The van der Waals surface area contributed by atoms with Crippen LogP contribution in [0.3, 0.4) is 0 Å². The van der Waals surface area contributed by atoms with Gasteiger partial charge >= 0.3 is 0 Å². The largest absolute Gasteiger partial charge is 0.396 e. The molecule has 0 saturated heterocycles. The molecule has 3 N–H and O–H groups in total. The van der Waals surface area contributed by atoms with Gasteiger partial charge in [-0.2, -0.15) is 0 Å². The Hall–Kier alpha value is -0.120. The van der Waals surface area contributed by atoms with Gasteiger partial charge in [0.15, 0.2) is 0 Å². The van der Waals surface area contributed by atoms with Gasteiger partial charge in [-0.05, 0) is 0 Å². The van der Waals surface area contributed by atoms with Crippen molar-refractivity contribution >= 4 is 0 Å². The Morgan fingerprint density at radius 2 is 2.17 bits per heavy atom. The first-order valence-electron chi connectivity index (χ1n) is 1.77. The molecule has 3 heteroatoms. The summed E-state index contributed by atoms with van der Waals surface area (Å²) in [6.45, 7) is -0.106. The summed E-state index contributed by atoms with van der Waals surface area (Å²) < 4.78 is 0. The summed E-state index contributed by atoms with van der Waals surface area (Å²) in [5, 5.41) is 16.0. The monoisotopic (exact) mass is 90.1 g/mol. The van der Waals surface area contributed by atoms with Crippen LogP contribution in [0.15, 0.2) is 0 Å². The fourth-order valence-electron chi connectivity index (χ4n) is 0.122. The lowest BCUT2D eigenvalue weighted by Crippen LogP contribution is -2.08. The van der Waals surface area contributed by atoms with Crippen molar-refractivity contribution in [3.05, 3.63) is 0 Å². The molecule has 0 bridgehead atoms. The molecule has 0 fully saturated rings. The molecule has 0 aliphatic carbocycles. The number of aliphatic hydroxyl groups is 2. The lowest BCUT2D eigenvalue weighted by atomic mass is 10.4. The molecule has 0 saturated carbocycles. The van der Waals surface area contributed by atoms with Crippen LogP contribution in [0.1, 0.15) is 6.42 Å². The maximum Gasteiger partial charge on any atom is 0.119 e. The van der Waals surface area contributed by atoms with E-state index >= 15 is 0 Å². The zero-order valence-corrected chi connectivity index (χ0v) is 3.39. The van der Waals surface area contributed by atoms with Gasteiger partial charge in [0.2, 0.25) is 0 Å². The molecule has 1 radical (unpaired) electrons. The van der Waals surface area contributed by atoms with E-state index in [-0.39, 0.29) is 13.0 Å². The predicted molar refractivity (Wildman–Crippen MR) is 20.8 cm³/mol. The van der Waals surface area contributed by atoms with Crippen LogP contribution in [-0.4, -0.2) is 23.0 Å². The van der Waals surface area contributed by atoms with Gasteiger partial charge in [0, 0.05) is 13.0 Å². The molecule has 3 nitrogen and oxygen atoms in total. The van der Waals surface area contributed by atoms with Gasteiger partial charge in [-0.25, -0.2) is 5.73 Å². The highest BCUT2D eigenvalue weighted by molar-refractivity contribution is 4.37. The van der Waals surface area contributed by atoms with E-state index < -0.39 is 6.23 Å². The quantitative estimate of drug-likeness (QED) is 0.455. The van der Waals surface area contributed by atoms with Gasteiger partial charge in [-0.15, -0.1) is 0 Å². The standard InChI is InChI=1S/C3H8NO2/c4-3(6)1-2-5/h3-6H,1-2H2. The Morgan fingerprint density at radius 1 is 1.67 bits per heavy atom. The second-order valence-corrected chi connectivity index (χ2v) is 1.03. The molecule has 1 unspecified atom stereocenters. The van der Waals surface area contributed by atoms with Crippen LogP contribution in [-0.2, 0) is 0 Å². The fourth-order valence-corrected chi connectivity index (χ4v) is 0.122. The van der Waals surface area contributed by atoms with Crippen molar-refractivity contribution in [2.45, 2.75) is 12.6 Å². The number of rotatable bonds is 2. The lowest BCUT2D eigenvalue weighted by molar-refractivity contribution is 0.132. The van der Waals surface area contributed by atoms with Crippen LogP contribution in [0.5, 0.6) is 0 Å². The minimum absolute atomic E-state index is 0.106. The zero-order valence-electron chi connectivity index (χ0n) is 3.39. The molecule has 0 heterocycles. The van der Waals surface area contributed by atoms with Crippen LogP contribution in [0, 0.1) is 0 Å². The SMILES string of the molecule is [NH]C(O)CCO. The summed E-state index contributed by atoms with van der Waals surface area (Å²) in [4.78, 5) is 0. The van der Waals surface area contributed by atoms with Crippen molar-refractivity contribution in [3.63, 3.8) is 0 Å². The molecule has 0 aromatic carbocycles. The van der Waals surface area contributed by atoms with Gasteiger partial charge in [0.1, 0.15) is 6.23 Å². The van der Waals surface area contributed by atoms with Crippen molar-refractivity contribution < 1.29 is 10.2 Å². The number of aliphatic hydroxyl groups excluding tert-OH is 2. The predicted octanol–water partition coefficient (Wildman–Crippen LogP) is -1.03. The second kappa shape index (κ2) is 3.08. The first-order chi connectivity index (χ1) is 2.77. The zero-order chi connectivity index (χ0) is 4.99. The Morgan fingerprint density at radius 3 is 2.17 bits per heavy atom. The third-order valence-electron chi connectivity index (χ3n) is 0.403. The molecule has 37 valence electrons. The average molecular weight is 90.1 g/mol. The molecule has 1 atom stereocenters. The molecule has 0 aliphatic rings. The minimum Gasteiger partial charge on any atom is -0.396 e. The van der Waals surface area contributed by atoms with Crippen LogP contribution >= 0.6 is 0 Å². The molecular formula is C3H8NO2. The van der Waals surface area contributed by atoms with E-state index in [0.717, 1.165) is 0 Å². The number of hydrogen-bond donors (Lipinski definition) is 2. The average Bonchev–Trinajstić information content (AvgIpc) is 1.35. The third kappa shape index (κ3) is 3.88. The van der Waals surface area contributed by atoms with Crippen molar-refractivity contribution in [1.29, 1.82) is 0 Å². The molecule has 6 heavy (non-hydrogen) atoms. The Kier molecular flexibility index (Phi) is 3.02. The number of hydrogen-bond acceptors (Lipinski definition) is 2. The van der Waals surface area contributed by atoms with Crippen LogP contribution in [0.25, 0.3) is 0 Å². The van der Waals surface area contributed by atoms with Crippen LogP contribution in [0.2, 0.25) is 0 Å². The maximum absolute atomic E-state index is 8.06. The van der Waals surface area contributed by atoms with E-state index in [2.05, 4.69) is 0 Å². The smallest absolute Gasteiger partial charge is 0.119 e. The summed E-state index contributed by atoms with van der Waals surface area (Å²) in [6.07, 6.45) is -0.949. The highest BCUT2D eigenvalue weighted by Crippen LogP contribution is 1.77. The molecular weight excluding hydrogens is 82.0 g/mol. The molecule has 0 spiro atoms. The summed E-state index contributed by atoms with van der Waals surface area (Å²) in [7, 11) is 0. The van der Waals surface area contributed by atoms with E-state index in [1.54, 1.807) is 0 Å². The Bertz CT molecular complexity index is 30.0. The Labute approximate surface area is 36.4 Å². The molecule has 0 rings (SSSR count). The Balaban J connectivity index is 2.63. The molecule has 0 aromatic rings. The van der Waals surface area contributed by atoms with Gasteiger partial charge in [-0.1, -0.05) is 0 Å². The van der Waals surface area contributed by atoms with Gasteiger partial charge < -0.3 is 10.2 Å². The third-order valence-corrected chi connectivity index (χ3v) is 0.403. The highest BCUT2D eigenvalue weighted by Gasteiger charge is 1.89. The molecule has 0 aromatic heterocycles. The summed E-state index contributed by atoms with van der Waals surface area (Å²) >= 11 is 0. The van der Waals surface area contributed by atoms with Crippen molar-refractivity contribution in [2.75, 3.05) is 6.61 Å². The van der Waals surface area contributed by atoms with E-state index in [0.29, 0.717) is 0 Å². The van der Waals surface area contributed by atoms with Crippen molar-refractivity contribution in [2.24, 2.45) is 0 Å². The van der Waals surface area contributed by atoms with Crippen LogP contribution in [0.4, 0.5) is 0 Å². The van der Waals surface area contributed by atoms with E-state index in [4.69, 9.17) is 15.9 Å². The second-order valence-electron chi connectivity index (χ2n) is 1.03. The van der Waals surface area contributed by atoms with Crippen molar-refractivity contribution in [3.8, 4) is 0 Å². The van der Waals surface area contributed by atoms with Crippen molar-refractivity contribution in [1.82, 2.24) is 5.73 Å². The highest BCUT2D eigenvalue weighted by atomic mass is 16.3. The summed E-state index contributed by atoms with van der Waals surface area (Å²) in [6, 6.07) is 0. The first kappa shape index (κ1) is 5.88. The molecule has 0 aliphatic heterocycles. The topological polar surface area (TPSA) is 64.3 Å². The summed E-state index contributed by atoms with van der Waals surface area (Å²) in [5.41, 5.74) is 6.37. The van der Waals surface area contributed by atoms with Gasteiger partial charge in [0.25, 0.3) is 0 Å².